The molecular weight excluding hydrogens is 378 g/mol. The number of nitrogens with one attached hydrogen (secondary N) is 2. The number of hydrogen-bond donors (Lipinski definition) is 2. The summed E-state index contributed by atoms with van der Waals surface area (Å²) in [6, 6.07) is 4.95. The van der Waals surface area contributed by atoms with E-state index in [9.17, 15) is 18.0 Å². The number of nitrogens with zero attached hydrogens (tertiary/aromatic N) is 1. The summed E-state index contributed by atoms with van der Waals surface area (Å²) in [6.45, 7) is 1.87. The highest BCUT2D eigenvalue weighted by atomic mass is 32.2. The van der Waals surface area contributed by atoms with Crippen molar-refractivity contribution in [2.45, 2.75) is 51.0 Å². The van der Waals surface area contributed by atoms with Crippen molar-refractivity contribution in [1.82, 2.24) is 10.6 Å². The molecule has 0 spiro atoms. The molecule has 1 aromatic rings. The van der Waals surface area contributed by atoms with Crippen molar-refractivity contribution in [2.75, 3.05) is 10.6 Å². The number of anilines is 1. The zero-order valence-electron chi connectivity index (χ0n) is 16.3. The van der Waals surface area contributed by atoms with Crippen molar-refractivity contribution in [2.24, 2.45) is 17.8 Å². The van der Waals surface area contributed by atoms with Crippen LogP contribution in [0.5, 0.6) is 0 Å². The minimum absolute atomic E-state index is 0.202. The lowest BCUT2D eigenvalue weighted by Crippen LogP contribution is -2.62. The molecule has 8 heteroatoms. The van der Waals surface area contributed by atoms with Gasteiger partial charge in [-0.2, -0.15) is 4.31 Å². The minimum Gasteiger partial charge on any atom is -0.332 e. The maximum Gasteiger partial charge on any atom is 0.343 e. The summed E-state index contributed by atoms with van der Waals surface area (Å²) >= 11 is 0. The standard InChI is InChI=1S/C20H27N3O4S/c1-13-3-5-17(6-4-13)23(28(2,26)27)19(25)21-18(24)22-20-10-14-7-15(11-20)9-16(8-14)12-20/h3-6,14-16H,7-12H2,1-2H3,(H2,21,22,24,25). The number of carbonyl (C=O) groups is 2. The molecule has 0 radical (unpaired) electrons. The lowest BCUT2D eigenvalue weighted by molar-refractivity contribution is -0.0133. The van der Waals surface area contributed by atoms with Crippen molar-refractivity contribution >= 4 is 27.8 Å². The van der Waals surface area contributed by atoms with Gasteiger partial charge < -0.3 is 5.32 Å². The third kappa shape index (κ3) is 3.74. The van der Waals surface area contributed by atoms with Gasteiger partial charge in [-0.3, -0.25) is 5.32 Å². The van der Waals surface area contributed by atoms with Gasteiger partial charge in [0.2, 0.25) is 10.0 Å². The lowest BCUT2D eigenvalue weighted by atomic mass is 9.53. The first-order chi connectivity index (χ1) is 13.1. The van der Waals surface area contributed by atoms with Crippen LogP contribution in [0.4, 0.5) is 15.3 Å². The minimum atomic E-state index is -3.89. The van der Waals surface area contributed by atoms with Crippen molar-refractivity contribution in [3.63, 3.8) is 0 Å². The van der Waals surface area contributed by atoms with Crippen LogP contribution in [0.3, 0.4) is 0 Å². The Balaban J connectivity index is 1.47. The maximum absolute atomic E-state index is 12.6. The quantitative estimate of drug-likeness (QED) is 0.807. The van der Waals surface area contributed by atoms with Crippen LogP contribution in [-0.4, -0.2) is 32.3 Å². The lowest BCUT2D eigenvalue weighted by Gasteiger charge is -2.56. The van der Waals surface area contributed by atoms with E-state index in [4.69, 9.17) is 0 Å². The fourth-order valence-electron chi connectivity index (χ4n) is 5.82. The first-order valence-corrected chi connectivity index (χ1v) is 11.7. The molecule has 152 valence electrons. The van der Waals surface area contributed by atoms with Crippen LogP contribution < -0.4 is 14.9 Å². The van der Waals surface area contributed by atoms with Crippen LogP contribution in [0.2, 0.25) is 0 Å². The Labute approximate surface area is 165 Å². The molecule has 5 rings (SSSR count). The van der Waals surface area contributed by atoms with Gasteiger partial charge in [-0.15, -0.1) is 0 Å². The molecule has 0 atom stereocenters. The van der Waals surface area contributed by atoms with Crippen LogP contribution in [0, 0.1) is 24.7 Å². The Morgan fingerprint density at radius 3 is 1.96 bits per heavy atom. The molecule has 7 nitrogen and oxygen atoms in total. The summed E-state index contributed by atoms with van der Waals surface area (Å²) in [5.41, 5.74) is 0.893. The first-order valence-electron chi connectivity index (χ1n) is 9.84. The van der Waals surface area contributed by atoms with Crippen molar-refractivity contribution < 1.29 is 18.0 Å². The normalized spacial score (nSPS) is 30.7. The maximum atomic E-state index is 12.6. The van der Waals surface area contributed by atoms with Crippen LogP contribution >= 0.6 is 0 Å². The highest BCUT2D eigenvalue weighted by Gasteiger charge is 2.51. The van der Waals surface area contributed by atoms with Gasteiger partial charge in [-0.05, 0) is 75.3 Å². The van der Waals surface area contributed by atoms with Crippen LogP contribution in [0.25, 0.3) is 0 Å². The number of hydrogen-bond acceptors (Lipinski definition) is 4. The second-order valence-electron chi connectivity index (χ2n) is 8.95. The highest BCUT2D eigenvalue weighted by Crippen LogP contribution is 2.55. The molecule has 0 aliphatic heterocycles. The highest BCUT2D eigenvalue weighted by molar-refractivity contribution is 7.92. The molecule has 28 heavy (non-hydrogen) atoms. The third-order valence-electron chi connectivity index (χ3n) is 6.42. The molecule has 0 heterocycles. The predicted molar refractivity (Wildman–Crippen MR) is 106 cm³/mol. The number of rotatable bonds is 3. The smallest absolute Gasteiger partial charge is 0.332 e. The molecule has 4 saturated carbocycles. The molecule has 4 fully saturated rings. The van der Waals surface area contributed by atoms with E-state index in [0.717, 1.165) is 31.1 Å². The fourth-order valence-corrected chi connectivity index (χ4v) is 6.67. The van der Waals surface area contributed by atoms with Gasteiger partial charge in [0.15, 0.2) is 0 Å². The molecule has 0 aromatic heterocycles. The van der Waals surface area contributed by atoms with Crippen molar-refractivity contribution in [3.05, 3.63) is 29.8 Å². The van der Waals surface area contributed by atoms with Gasteiger partial charge in [0.05, 0.1) is 11.9 Å². The third-order valence-corrected chi connectivity index (χ3v) is 7.46. The number of carbonyl (C=O) groups excluding carboxylic acids is 2. The summed E-state index contributed by atoms with van der Waals surface area (Å²) in [5.74, 6) is 1.96. The zero-order valence-corrected chi connectivity index (χ0v) is 17.1. The van der Waals surface area contributed by atoms with E-state index < -0.39 is 22.1 Å². The van der Waals surface area contributed by atoms with Gasteiger partial charge in [0.25, 0.3) is 0 Å². The van der Waals surface area contributed by atoms with Gasteiger partial charge >= 0.3 is 12.1 Å². The van der Waals surface area contributed by atoms with E-state index in [1.807, 2.05) is 6.92 Å². The second-order valence-corrected chi connectivity index (χ2v) is 10.8. The van der Waals surface area contributed by atoms with E-state index in [1.54, 1.807) is 24.3 Å². The van der Waals surface area contributed by atoms with E-state index in [-0.39, 0.29) is 11.2 Å². The molecule has 4 amide bonds. The van der Waals surface area contributed by atoms with E-state index in [2.05, 4.69) is 10.6 Å². The van der Waals surface area contributed by atoms with Gasteiger partial charge in [0.1, 0.15) is 0 Å². The van der Waals surface area contributed by atoms with Gasteiger partial charge in [-0.1, -0.05) is 17.7 Å². The largest absolute Gasteiger partial charge is 0.343 e. The van der Waals surface area contributed by atoms with E-state index in [0.29, 0.717) is 22.1 Å². The first kappa shape index (κ1) is 19.2. The molecule has 0 unspecified atom stereocenters. The summed E-state index contributed by atoms with van der Waals surface area (Å²) in [4.78, 5) is 25.2. The Morgan fingerprint density at radius 1 is 1.00 bits per heavy atom. The number of sulfonamides is 1. The Morgan fingerprint density at radius 2 is 1.50 bits per heavy atom. The Kier molecular flexibility index (Phi) is 4.64. The summed E-state index contributed by atoms with van der Waals surface area (Å²) in [7, 11) is -3.89. The monoisotopic (exact) mass is 405 g/mol. The summed E-state index contributed by atoms with van der Waals surface area (Å²) < 4.78 is 25.0. The van der Waals surface area contributed by atoms with Gasteiger partial charge in [-0.25, -0.2) is 18.0 Å². The number of imide groups is 1. The number of urea groups is 2. The predicted octanol–water partition coefficient (Wildman–Crippen LogP) is 3.15. The molecular formula is C20H27N3O4S. The summed E-state index contributed by atoms with van der Waals surface area (Å²) in [5, 5.41) is 5.26. The van der Waals surface area contributed by atoms with Gasteiger partial charge in [0, 0.05) is 5.54 Å². The Bertz CT molecular complexity index is 859. The van der Waals surface area contributed by atoms with Crippen LogP contribution in [0.15, 0.2) is 24.3 Å². The molecule has 4 bridgehead atoms. The average Bonchev–Trinajstić information content (AvgIpc) is 2.53. The number of amides is 4. The Hall–Kier alpha value is -2.09. The molecule has 1 aromatic carbocycles. The number of benzene rings is 1. The summed E-state index contributed by atoms with van der Waals surface area (Å²) in [6.07, 6.45) is 7.55. The second kappa shape index (κ2) is 6.76. The molecule has 4 aliphatic carbocycles. The fraction of sp³-hybridized carbons (Fsp3) is 0.600. The van der Waals surface area contributed by atoms with Crippen LogP contribution in [0.1, 0.15) is 44.1 Å². The number of aryl methyl sites for hydroxylation is 1. The van der Waals surface area contributed by atoms with Crippen LogP contribution in [-0.2, 0) is 10.0 Å². The topological polar surface area (TPSA) is 95.6 Å². The SMILES string of the molecule is Cc1ccc(N(C(=O)NC(=O)NC23CC4CC(CC(C4)C2)C3)S(C)(=O)=O)cc1. The van der Waals surface area contributed by atoms with Crippen molar-refractivity contribution in [1.29, 1.82) is 0 Å². The molecule has 2 N–H and O–H groups in total. The van der Waals surface area contributed by atoms with Crippen molar-refractivity contribution in [3.8, 4) is 0 Å². The molecule has 4 aliphatic rings. The average molecular weight is 406 g/mol. The van der Waals surface area contributed by atoms with E-state index >= 15 is 0 Å². The zero-order chi connectivity index (χ0) is 20.1. The van der Waals surface area contributed by atoms with E-state index in [1.165, 1.54) is 19.3 Å². The molecule has 0 saturated heterocycles.